The largest absolute Gasteiger partial charge is 0.451 e. The molecule has 0 N–H and O–H groups in total. The fourth-order valence-corrected chi connectivity index (χ4v) is 1.92. The molecule has 0 aliphatic rings. The van der Waals surface area contributed by atoms with Gasteiger partial charge < -0.3 is 9.15 Å². The van der Waals surface area contributed by atoms with Gasteiger partial charge in [0.15, 0.2) is 17.1 Å². The second kappa shape index (κ2) is 6.03. The van der Waals surface area contributed by atoms with E-state index in [1.807, 2.05) is 19.1 Å². The highest BCUT2D eigenvalue weighted by Gasteiger charge is 2.13. The van der Waals surface area contributed by atoms with Crippen molar-refractivity contribution in [2.75, 3.05) is 13.2 Å². The molecular weight excluding hydrogens is 252 g/mol. The van der Waals surface area contributed by atoms with Gasteiger partial charge in [-0.3, -0.25) is 4.79 Å². The summed E-state index contributed by atoms with van der Waals surface area (Å²) < 4.78 is 10.8. The van der Waals surface area contributed by atoms with Crippen LogP contribution in [0.3, 0.4) is 0 Å². The lowest BCUT2D eigenvalue weighted by atomic mass is 10.2. The van der Waals surface area contributed by atoms with Gasteiger partial charge in [0.25, 0.3) is 0 Å². The molecule has 2 aromatic rings. The molecule has 0 saturated carbocycles. The molecular formula is C14H15ClO3. The molecule has 0 radical (unpaired) electrons. The van der Waals surface area contributed by atoms with Gasteiger partial charge >= 0.3 is 0 Å². The minimum Gasteiger partial charge on any atom is -0.451 e. The minimum absolute atomic E-state index is 0.0571. The summed E-state index contributed by atoms with van der Waals surface area (Å²) in [5.74, 6) is 0.288. The monoisotopic (exact) mass is 266 g/mol. The maximum atomic E-state index is 11.9. The van der Waals surface area contributed by atoms with Crippen LogP contribution in [0.5, 0.6) is 0 Å². The van der Waals surface area contributed by atoms with Crippen molar-refractivity contribution in [3.8, 4) is 0 Å². The number of halogens is 1. The molecule has 0 aliphatic heterocycles. The normalized spacial score (nSPS) is 11.0. The molecule has 18 heavy (non-hydrogen) atoms. The van der Waals surface area contributed by atoms with Gasteiger partial charge in [0, 0.05) is 18.4 Å². The molecule has 0 unspecified atom stereocenters. The van der Waals surface area contributed by atoms with Crippen LogP contribution in [0.15, 0.2) is 28.7 Å². The molecule has 0 bridgehead atoms. The average molecular weight is 267 g/mol. The molecule has 0 fully saturated rings. The summed E-state index contributed by atoms with van der Waals surface area (Å²) in [4.78, 5) is 11.9. The van der Waals surface area contributed by atoms with E-state index in [9.17, 15) is 4.79 Å². The van der Waals surface area contributed by atoms with Crippen molar-refractivity contribution in [2.24, 2.45) is 0 Å². The third kappa shape index (κ3) is 2.92. The minimum atomic E-state index is -0.0571. The van der Waals surface area contributed by atoms with Crippen LogP contribution in [-0.4, -0.2) is 19.0 Å². The summed E-state index contributed by atoms with van der Waals surface area (Å²) in [5, 5.41) is 1.37. The van der Waals surface area contributed by atoms with E-state index in [4.69, 9.17) is 20.8 Å². The van der Waals surface area contributed by atoms with Crippen molar-refractivity contribution in [1.82, 2.24) is 0 Å². The summed E-state index contributed by atoms with van der Waals surface area (Å²) in [5.41, 5.74) is 0.567. The van der Waals surface area contributed by atoms with Crippen molar-refractivity contribution in [1.29, 1.82) is 0 Å². The zero-order chi connectivity index (χ0) is 13.0. The topological polar surface area (TPSA) is 39.4 Å². The highest BCUT2D eigenvalue weighted by atomic mass is 35.5. The van der Waals surface area contributed by atoms with E-state index >= 15 is 0 Å². The Kier molecular flexibility index (Phi) is 4.39. The predicted molar refractivity (Wildman–Crippen MR) is 71.3 cm³/mol. The molecule has 1 heterocycles. The predicted octanol–water partition coefficient (Wildman–Crippen LogP) is 4.09. The SMILES string of the molecule is CCCOCCC(=O)c1cc2cccc(Cl)c2o1. The molecule has 2 rings (SSSR count). The number of hydrogen-bond donors (Lipinski definition) is 0. The van der Waals surface area contributed by atoms with Gasteiger partial charge in [-0.15, -0.1) is 0 Å². The molecule has 3 nitrogen and oxygen atoms in total. The van der Waals surface area contributed by atoms with Crippen LogP contribution in [0.1, 0.15) is 30.3 Å². The Balaban J connectivity index is 2.06. The van der Waals surface area contributed by atoms with Crippen molar-refractivity contribution < 1.29 is 13.9 Å². The number of rotatable bonds is 6. The van der Waals surface area contributed by atoms with Gasteiger partial charge in [0.1, 0.15) is 0 Å². The van der Waals surface area contributed by atoms with Gasteiger partial charge in [-0.2, -0.15) is 0 Å². The summed E-state index contributed by atoms with van der Waals surface area (Å²) in [7, 11) is 0. The van der Waals surface area contributed by atoms with E-state index in [0.717, 1.165) is 11.8 Å². The van der Waals surface area contributed by atoms with E-state index in [1.54, 1.807) is 12.1 Å². The Morgan fingerprint density at radius 2 is 2.22 bits per heavy atom. The quantitative estimate of drug-likeness (QED) is 0.584. The third-order valence-corrected chi connectivity index (χ3v) is 2.89. The van der Waals surface area contributed by atoms with Crippen molar-refractivity contribution in [3.05, 3.63) is 35.0 Å². The van der Waals surface area contributed by atoms with Gasteiger partial charge in [0.2, 0.25) is 0 Å². The van der Waals surface area contributed by atoms with Gasteiger partial charge in [-0.25, -0.2) is 0 Å². The lowest BCUT2D eigenvalue weighted by Crippen LogP contribution is -2.04. The van der Waals surface area contributed by atoms with Crippen molar-refractivity contribution >= 4 is 28.4 Å². The summed E-state index contributed by atoms with van der Waals surface area (Å²) in [6, 6.07) is 7.17. The molecule has 0 aliphatic carbocycles. The maximum Gasteiger partial charge on any atom is 0.200 e. The van der Waals surface area contributed by atoms with Crippen LogP contribution in [0.25, 0.3) is 11.0 Å². The lowest BCUT2D eigenvalue weighted by molar-refractivity contribution is 0.0856. The molecule has 0 amide bonds. The van der Waals surface area contributed by atoms with Gasteiger partial charge in [-0.1, -0.05) is 30.7 Å². The van der Waals surface area contributed by atoms with E-state index in [1.165, 1.54) is 0 Å². The molecule has 4 heteroatoms. The first-order chi connectivity index (χ1) is 8.72. The number of fused-ring (bicyclic) bond motifs is 1. The zero-order valence-electron chi connectivity index (χ0n) is 10.2. The highest BCUT2D eigenvalue weighted by Crippen LogP contribution is 2.27. The van der Waals surface area contributed by atoms with Crippen LogP contribution in [0, 0.1) is 0 Å². The molecule has 1 aromatic heterocycles. The highest BCUT2D eigenvalue weighted by molar-refractivity contribution is 6.34. The molecule has 0 atom stereocenters. The fraction of sp³-hybridized carbons (Fsp3) is 0.357. The van der Waals surface area contributed by atoms with E-state index < -0.39 is 0 Å². The molecule has 0 saturated heterocycles. The number of Topliss-reactive ketones (excluding diaryl/α,β-unsaturated/α-hetero) is 1. The number of carbonyl (C=O) groups excluding carboxylic acids is 1. The summed E-state index contributed by atoms with van der Waals surface area (Å²) in [6.07, 6.45) is 1.28. The molecule has 1 aromatic carbocycles. The lowest BCUT2D eigenvalue weighted by Gasteiger charge is -1.99. The Morgan fingerprint density at radius 3 is 2.94 bits per heavy atom. The van der Waals surface area contributed by atoms with Gasteiger partial charge in [-0.05, 0) is 18.6 Å². The van der Waals surface area contributed by atoms with Crippen LogP contribution in [0.2, 0.25) is 5.02 Å². The van der Waals surface area contributed by atoms with Crippen molar-refractivity contribution in [3.63, 3.8) is 0 Å². The number of carbonyl (C=O) groups is 1. The van der Waals surface area contributed by atoms with E-state index in [2.05, 4.69) is 0 Å². The van der Waals surface area contributed by atoms with Crippen LogP contribution in [-0.2, 0) is 4.74 Å². The first-order valence-corrected chi connectivity index (χ1v) is 6.39. The second-order valence-corrected chi connectivity index (χ2v) is 4.46. The number of hydrogen-bond acceptors (Lipinski definition) is 3. The molecule has 0 spiro atoms. The van der Waals surface area contributed by atoms with Crippen LogP contribution >= 0.6 is 11.6 Å². The second-order valence-electron chi connectivity index (χ2n) is 4.05. The smallest absolute Gasteiger partial charge is 0.200 e. The Bertz CT molecular complexity index is 545. The van der Waals surface area contributed by atoms with E-state index in [-0.39, 0.29) is 5.78 Å². The number of benzene rings is 1. The number of ketones is 1. The van der Waals surface area contributed by atoms with Gasteiger partial charge in [0.05, 0.1) is 11.6 Å². The first-order valence-electron chi connectivity index (χ1n) is 6.01. The number of ether oxygens (including phenoxy) is 1. The van der Waals surface area contributed by atoms with Crippen LogP contribution < -0.4 is 0 Å². The summed E-state index contributed by atoms with van der Waals surface area (Å²) >= 11 is 5.99. The number of furan rings is 1. The molecule has 96 valence electrons. The zero-order valence-corrected chi connectivity index (χ0v) is 11.0. The number of para-hydroxylation sites is 1. The fourth-order valence-electron chi connectivity index (χ4n) is 1.70. The standard InChI is InChI=1S/C14H15ClO3/c1-2-7-17-8-6-12(16)13-9-10-4-3-5-11(15)14(10)18-13/h3-5,9H,2,6-8H2,1H3. The van der Waals surface area contributed by atoms with E-state index in [0.29, 0.717) is 36.0 Å². The van der Waals surface area contributed by atoms with Crippen LogP contribution in [0.4, 0.5) is 0 Å². The third-order valence-electron chi connectivity index (χ3n) is 2.59. The summed E-state index contributed by atoms with van der Waals surface area (Å²) in [6.45, 7) is 3.14. The Hall–Kier alpha value is -1.32. The first kappa shape index (κ1) is 13.1. The van der Waals surface area contributed by atoms with Crippen molar-refractivity contribution in [2.45, 2.75) is 19.8 Å². The average Bonchev–Trinajstić information content (AvgIpc) is 2.80. The maximum absolute atomic E-state index is 11.9. The Labute approximate surface area is 111 Å². The Morgan fingerprint density at radius 1 is 1.39 bits per heavy atom.